The van der Waals surface area contributed by atoms with Gasteiger partial charge in [-0.25, -0.2) is 0 Å². The van der Waals surface area contributed by atoms with Crippen molar-refractivity contribution in [2.75, 3.05) is 13.2 Å². The lowest BCUT2D eigenvalue weighted by Crippen LogP contribution is -2.00. The molecule has 0 aliphatic rings. The normalized spacial score (nSPS) is 9.80. The molecular formula is C17H23ClO2. The molecule has 0 radical (unpaired) electrons. The van der Waals surface area contributed by atoms with Gasteiger partial charge in [-0.1, -0.05) is 18.5 Å². The predicted molar refractivity (Wildman–Crippen MR) is 84.8 cm³/mol. The molecule has 0 saturated heterocycles. The van der Waals surface area contributed by atoms with E-state index in [0.717, 1.165) is 37.0 Å². The maximum Gasteiger partial charge on any atom is 0.162 e. The van der Waals surface area contributed by atoms with Crippen LogP contribution in [0.1, 0.15) is 45.6 Å². The summed E-state index contributed by atoms with van der Waals surface area (Å²) in [6.07, 6.45) is 3.72. The van der Waals surface area contributed by atoms with Crippen LogP contribution in [0.25, 0.3) is 0 Å². The van der Waals surface area contributed by atoms with Gasteiger partial charge in [0.1, 0.15) is 0 Å². The average Bonchev–Trinajstić information content (AvgIpc) is 2.43. The van der Waals surface area contributed by atoms with Crippen molar-refractivity contribution in [3.05, 3.63) is 22.7 Å². The van der Waals surface area contributed by atoms with Crippen molar-refractivity contribution in [3.8, 4) is 23.3 Å². The first-order valence-corrected chi connectivity index (χ1v) is 7.64. The zero-order valence-electron chi connectivity index (χ0n) is 12.6. The van der Waals surface area contributed by atoms with Crippen molar-refractivity contribution >= 4 is 11.6 Å². The number of aryl methyl sites for hydroxylation is 1. The molecule has 0 unspecified atom stereocenters. The standard InChI is InChI=1S/C17H23ClO2/c1-4-7-8-9-10-11-14-12-16(19-5-2)17(20-6-3)13-15(14)18/h12-13H,4-7,10-11H2,1-3H3. The number of ether oxygens (including phenoxy) is 2. The zero-order chi connectivity index (χ0) is 14.8. The number of hydrogen-bond acceptors (Lipinski definition) is 2. The zero-order valence-corrected chi connectivity index (χ0v) is 13.3. The molecule has 1 aromatic carbocycles. The highest BCUT2D eigenvalue weighted by Gasteiger charge is 2.10. The topological polar surface area (TPSA) is 18.5 Å². The molecule has 0 saturated carbocycles. The van der Waals surface area contributed by atoms with Gasteiger partial charge in [-0.2, -0.15) is 0 Å². The van der Waals surface area contributed by atoms with Gasteiger partial charge in [0.15, 0.2) is 11.5 Å². The number of halogens is 1. The lowest BCUT2D eigenvalue weighted by Gasteiger charge is -2.13. The highest BCUT2D eigenvalue weighted by Crippen LogP contribution is 2.34. The van der Waals surface area contributed by atoms with E-state index in [1.165, 1.54) is 0 Å². The molecule has 0 aliphatic carbocycles. The minimum Gasteiger partial charge on any atom is -0.490 e. The monoisotopic (exact) mass is 294 g/mol. The molecule has 0 amide bonds. The number of hydrogen-bond donors (Lipinski definition) is 0. The summed E-state index contributed by atoms with van der Waals surface area (Å²) >= 11 is 6.29. The molecule has 0 spiro atoms. The first-order valence-electron chi connectivity index (χ1n) is 7.26. The Labute approximate surface area is 127 Å². The van der Waals surface area contributed by atoms with Crippen molar-refractivity contribution in [1.29, 1.82) is 0 Å². The first kappa shape index (κ1) is 16.7. The summed E-state index contributed by atoms with van der Waals surface area (Å²) in [5, 5.41) is 0.717. The molecule has 0 N–H and O–H groups in total. The molecule has 2 nitrogen and oxygen atoms in total. The molecule has 20 heavy (non-hydrogen) atoms. The fraction of sp³-hybridized carbons (Fsp3) is 0.529. The Morgan fingerprint density at radius 1 is 0.950 bits per heavy atom. The third kappa shape index (κ3) is 5.35. The molecule has 3 heteroatoms. The van der Waals surface area contributed by atoms with Gasteiger partial charge in [0.05, 0.1) is 13.2 Å². The van der Waals surface area contributed by atoms with E-state index in [1.54, 1.807) is 0 Å². The summed E-state index contributed by atoms with van der Waals surface area (Å²) in [5.41, 5.74) is 1.06. The van der Waals surface area contributed by atoms with E-state index in [2.05, 4.69) is 18.8 Å². The van der Waals surface area contributed by atoms with Crippen LogP contribution in [0.2, 0.25) is 5.02 Å². The Bertz CT molecular complexity index is 472. The van der Waals surface area contributed by atoms with Gasteiger partial charge in [0.2, 0.25) is 0 Å². The van der Waals surface area contributed by atoms with E-state index in [1.807, 2.05) is 26.0 Å². The van der Waals surface area contributed by atoms with Crippen LogP contribution in [0, 0.1) is 11.8 Å². The van der Waals surface area contributed by atoms with E-state index in [0.29, 0.717) is 24.0 Å². The van der Waals surface area contributed by atoms with Crippen molar-refractivity contribution in [2.45, 2.75) is 46.5 Å². The van der Waals surface area contributed by atoms with Crippen LogP contribution in [0.15, 0.2) is 12.1 Å². The molecule has 0 atom stereocenters. The highest BCUT2D eigenvalue weighted by atomic mass is 35.5. The second kappa shape index (κ2) is 9.55. The molecule has 0 aliphatic heterocycles. The SMILES string of the molecule is CCCC#CCCc1cc(OCC)c(OCC)cc1Cl. The van der Waals surface area contributed by atoms with E-state index in [9.17, 15) is 0 Å². The number of benzene rings is 1. The minimum absolute atomic E-state index is 0.595. The van der Waals surface area contributed by atoms with Crippen molar-refractivity contribution in [1.82, 2.24) is 0 Å². The van der Waals surface area contributed by atoms with E-state index in [-0.39, 0.29) is 0 Å². The Morgan fingerprint density at radius 3 is 2.15 bits per heavy atom. The Hall–Kier alpha value is -1.33. The molecule has 0 aromatic heterocycles. The summed E-state index contributed by atoms with van der Waals surface area (Å²) in [7, 11) is 0. The fourth-order valence-electron chi connectivity index (χ4n) is 1.80. The van der Waals surface area contributed by atoms with Crippen molar-refractivity contribution in [3.63, 3.8) is 0 Å². The van der Waals surface area contributed by atoms with Crippen molar-refractivity contribution < 1.29 is 9.47 Å². The first-order chi connectivity index (χ1) is 9.72. The average molecular weight is 295 g/mol. The summed E-state index contributed by atoms with van der Waals surface area (Å²) in [4.78, 5) is 0. The van der Waals surface area contributed by atoms with Gasteiger partial charge in [-0.15, -0.1) is 11.8 Å². The van der Waals surface area contributed by atoms with Gasteiger partial charge in [-0.05, 0) is 38.3 Å². The van der Waals surface area contributed by atoms with Gasteiger partial charge in [-0.3, -0.25) is 0 Å². The third-order valence-corrected chi connectivity index (χ3v) is 3.08. The molecule has 0 fully saturated rings. The van der Waals surface area contributed by atoms with Crippen LogP contribution < -0.4 is 9.47 Å². The van der Waals surface area contributed by atoms with Crippen LogP contribution in [0.5, 0.6) is 11.5 Å². The molecule has 1 aromatic rings. The molecule has 0 bridgehead atoms. The number of unbranched alkanes of at least 4 members (excludes halogenated alkanes) is 1. The second-order valence-electron chi connectivity index (χ2n) is 4.36. The van der Waals surface area contributed by atoms with Gasteiger partial charge >= 0.3 is 0 Å². The lowest BCUT2D eigenvalue weighted by molar-refractivity contribution is 0.287. The van der Waals surface area contributed by atoms with Gasteiger partial charge in [0.25, 0.3) is 0 Å². The molecular weight excluding hydrogens is 272 g/mol. The molecule has 0 heterocycles. The maximum atomic E-state index is 6.29. The van der Waals surface area contributed by atoms with Gasteiger partial charge in [0, 0.05) is 23.9 Å². The van der Waals surface area contributed by atoms with E-state index >= 15 is 0 Å². The quantitative estimate of drug-likeness (QED) is 0.668. The van der Waals surface area contributed by atoms with Crippen molar-refractivity contribution in [2.24, 2.45) is 0 Å². The third-order valence-electron chi connectivity index (χ3n) is 2.73. The molecule has 110 valence electrons. The minimum atomic E-state index is 0.595. The second-order valence-corrected chi connectivity index (χ2v) is 4.77. The van der Waals surface area contributed by atoms with E-state index < -0.39 is 0 Å². The van der Waals surface area contributed by atoms with Crippen LogP contribution in [-0.4, -0.2) is 13.2 Å². The Morgan fingerprint density at radius 2 is 1.55 bits per heavy atom. The number of rotatable bonds is 7. The highest BCUT2D eigenvalue weighted by molar-refractivity contribution is 6.31. The lowest BCUT2D eigenvalue weighted by atomic mass is 10.1. The summed E-state index contributed by atoms with van der Waals surface area (Å²) in [5.74, 6) is 7.79. The smallest absolute Gasteiger partial charge is 0.162 e. The largest absolute Gasteiger partial charge is 0.490 e. The van der Waals surface area contributed by atoms with Crippen LogP contribution in [0.3, 0.4) is 0 Å². The molecule has 1 rings (SSSR count). The van der Waals surface area contributed by atoms with E-state index in [4.69, 9.17) is 21.1 Å². The summed E-state index contributed by atoms with van der Waals surface area (Å²) < 4.78 is 11.2. The summed E-state index contributed by atoms with van der Waals surface area (Å²) in [6, 6.07) is 3.81. The summed E-state index contributed by atoms with van der Waals surface area (Å²) in [6.45, 7) is 7.24. The van der Waals surface area contributed by atoms with Crippen LogP contribution >= 0.6 is 11.6 Å². The predicted octanol–water partition coefficient (Wildman–Crippen LogP) is 4.87. The Balaban J connectivity index is 2.80. The van der Waals surface area contributed by atoms with Crippen LogP contribution in [-0.2, 0) is 6.42 Å². The van der Waals surface area contributed by atoms with Crippen LogP contribution in [0.4, 0.5) is 0 Å². The Kier molecular flexibility index (Phi) is 7.99. The van der Waals surface area contributed by atoms with Gasteiger partial charge < -0.3 is 9.47 Å². The maximum absolute atomic E-state index is 6.29. The fourth-order valence-corrected chi connectivity index (χ4v) is 2.05.